The molecule has 0 radical (unpaired) electrons. The Labute approximate surface area is 181 Å². The predicted octanol–water partition coefficient (Wildman–Crippen LogP) is 5.21. The van der Waals surface area contributed by atoms with Gasteiger partial charge in [0.15, 0.2) is 5.76 Å². The third kappa shape index (κ3) is 4.63. The van der Waals surface area contributed by atoms with Crippen molar-refractivity contribution in [2.24, 2.45) is 0 Å². The SMILES string of the molecule is Cc1ccc(C)c(OCCCn2c([C@H](C)NC(=O)c3ccco3)nc3ccccc32)c1. The number of ether oxygens (including phenoxy) is 1. The van der Waals surface area contributed by atoms with Crippen LogP contribution in [0.3, 0.4) is 0 Å². The van der Waals surface area contributed by atoms with Crippen LogP contribution in [0.1, 0.15) is 46.9 Å². The zero-order chi connectivity index (χ0) is 21.8. The predicted molar refractivity (Wildman–Crippen MR) is 120 cm³/mol. The number of rotatable bonds is 8. The Hall–Kier alpha value is -3.54. The highest BCUT2D eigenvalue weighted by molar-refractivity contribution is 5.91. The van der Waals surface area contributed by atoms with Crippen LogP contribution in [0.5, 0.6) is 5.75 Å². The summed E-state index contributed by atoms with van der Waals surface area (Å²) < 4.78 is 13.4. The molecule has 1 atom stereocenters. The normalized spacial score (nSPS) is 12.1. The number of nitrogens with one attached hydrogen (secondary N) is 1. The minimum absolute atomic E-state index is 0.255. The summed E-state index contributed by atoms with van der Waals surface area (Å²) in [5.74, 6) is 1.77. The number of nitrogens with zero attached hydrogens (tertiary/aromatic N) is 2. The van der Waals surface area contributed by atoms with E-state index in [0.29, 0.717) is 6.61 Å². The number of benzene rings is 2. The molecule has 1 N–H and O–H groups in total. The summed E-state index contributed by atoms with van der Waals surface area (Å²) in [5.41, 5.74) is 4.27. The molecule has 4 aromatic rings. The van der Waals surface area contributed by atoms with Crippen molar-refractivity contribution in [2.75, 3.05) is 6.61 Å². The number of carbonyl (C=O) groups excluding carboxylic acids is 1. The number of hydrogen-bond donors (Lipinski definition) is 1. The van der Waals surface area contributed by atoms with Crippen LogP contribution in [-0.4, -0.2) is 22.1 Å². The van der Waals surface area contributed by atoms with Crippen molar-refractivity contribution in [2.45, 2.75) is 39.8 Å². The molecule has 0 unspecified atom stereocenters. The number of para-hydroxylation sites is 2. The third-order valence-electron chi connectivity index (χ3n) is 5.29. The van der Waals surface area contributed by atoms with E-state index in [1.54, 1.807) is 12.1 Å². The highest BCUT2D eigenvalue weighted by Gasteiger charge is 2.20. The molecule has 2 heterocycles. The van der Waals surface area contributed by atoms with Crippen LogP contribution in [0.15, 0.2) is 65.3 Å². The first-order valence-electron chi connectivity index (χ1n) is 10.5. The van der Waals surface area contributed by atoms with Crippen LogP contribution in [-0.2, 0) is 6.54 Å². The molecule has 160 valence electrons. The zero-order valence-electron chi connectivity index (χ0n) is 18.1. The van der Waals surface area contributed by atoms with E-state index >= 15 is 0 Å². The van der Waals surface area contributed by atoms with Crippen LogP contribution in [0.25, 0.3) is 11.0 Å². The summed E-state index contributed by atoms with van der Waals surface area (Å²) in [6.07, 6.45) is 2.31. The van der Waals surface area contributed by atoms with Crippen LogP contribution in [0, 0.1) is 13.8 Å². The molecule has 2 aromatic heterocycles. The molecular weight excluding hydrogens is 390 g/mol. The van der Waals surface area contributed by atoms with Gasteiger partial charge in [-0.3, -0.25) is 4.79 Å². The molecule has 0 spiro atoms. The van der Waals surface area contributed by atoms with Gasteiger partial charge in [-0.05, 0) is 68.7 Å². The van der Waals surface area contributed by atoms with Gasteiger partial charge in [0.05, 0.1) is 29.9 Å². The van der Waals surface area contributed by atoms with E-state index in [2.05, 4.69) is 48.0 Å². The Morgan fingerprint density at radius 3 is 2.81 bits per heavy atom. The highest BCUT2D eigenvalue weighted by Crippen LogP contribution is 2.23. The Morgan fingerprint density at radius 1 is 1.16 bits per heavy atom. The topological polar surface area (TPSA) is 69.3 Å². The molecule has 0 aliphatic heterocycles. The molecule has 1 amide bonds. The lowest BCUT2D eigenvalue weighted by molar-refractivity contribution is 0.0909. The minimum Gasteiger partial charge on any atom is -0.493 e. The number of aromatic nitrogens is 2. The van der Waals surface area contributed by atoms with E-state index in [0.717, 1.165) is 41.1 Å². The lowest BCUT2D eigenvalue weighted by atomic mass is 10.1. The first-order valence-corrected chi connectivity index (χ1v) is 10.5. The first-order chi connectivity index (χ1) is 15.0. The van der Waals surface area contributed by atoms with Gasteiger partial charge in [-0.2, -0.15) is 0 Å². The third-order valence-corrected chi connectivity index (χ3v) is 5.29. The maximum absolute atomic E-state index is 12.4. The lowest BCUT2D eigenvalue weighted by Gasteiger charge is -2.16. The van der Waals surface area contributed by atoms with Gasteiger partial charge >= 0.3 is 0 Å². The molecule has 0 fully saturated rings. The number of carbonyl (C=O) groups is 1. The van der Waals surface area contributed by atoms with Crippen molar-refractivity contribution in [1.82, 2.24) is 14.9 Å². The Balaban J connectivity index is 1.48. The fourth-order valence-corrected chi connectivity index (χ4v) is 3.67. The van der Waals surface area contributed by atoms with Crippen molar-refractivity contribution in [3.63, 3.8) is 0 Å². The zero-order valence-corrected chi connectivity index (χ0v) is 18.1. The lowest BCUT2D eigenvalue weighted by Crippen LogP contribution is -2.28. The van der Waals surface area contributed by atoms with E-state index in [9.17, 15) is 4.79 Å². The fourth-order valence-electron chi connectivity index (χ4n) is 3.67. The summed E-state index contributed by atoms with van der Waals surface area (Å²) in [6.45, 7) is 7.39. The fraction of sp³-hybridized carbons (Fsp3) is 0.280. The van der Waals surface area contributed by atoms with Crippen LogP contribution < -0.4 is 10.1 Å². The highest BCUT2D eigenvalue weighted by atomic mass is 16.5. The van der Waals surface area contributed by atoms with Crippen molar-refractivity contribution in [3.8, 4) is 5.75 Å². The molecule has 2 aromatic carbocycles. The van der Waals surface area contributed by atoms with Gasteiger partial charge in [0.1, 0.15) is 11.6 Å². The van der Waals surface area contributed by atoms with E-state index < -0.39 is 0 Å². The molecule has 31 heavy (non-hydrogen) atoms. The van der Waals surface area contributed by atoms with E-state index in [-0.39, 0.29) is 17.7 Å². The summed E-state index contributed by atoms with van der Waals surface area (Å²) in [5, 5.41) is 2.98. The number of hydrogen-bond acceptors (Lipinski definition) is 4. The van der Waals surface area contributed by atoms with Crippen molar-refractivity contribution in [1.29, 1.82) is 0 Å². The van der Waals surface area contributed by atoms with Gasteiger partial charge in [-0.15, -0.1) is 0 Å². The summed E-state index contributed by atoms with van der Waals surface area (Å²) in [4.78, 5) is 17.2. The molecule has 0 saturated carbocycles. The monoisotopic (exact) mass is 417 g/mol. The average Bonchev–Trinajstić information content (AvgIpc) is 3.42. The largest absolute Gasteiger partial charge is 0.493 e. The number of furan rings is 1. The van der Waals surface area contributed by atoms with Crippen molar-refractivity contribution >= 4 is 16.9 Å². The minimum atomic E-state index is -0.273. The van der Waals surface area contributed by atoms with Gasteiger partial charge < -0.3 is 19.0 Å². The molecule has 4 rings (SSSR count). The number of fused-ring (bicyclic) bond motifs is 1. The van der Waals surface area contributed by atoms with Gasteiger partial charge in [0.2, 0.25) is 0 Å². The average molecular weight is 418 g/mol. The standard InChI is InChI=1S/C25H27N3O3/c1-17-11-12-18(2)23(16-17)31-15-7-13-28-21-9-5-4-8-20(21)27-24(28)19(3)26-25(29)22-10-6-14-30-22/h4-6,8-12,14,16,19H,7,13,15H2,1-3H3,(H,26,29)/t19-/m0/s1. The molecule has 0 saturated heterocycles. The summed E-state index contributed by atoms with van der Waals surface area (Å²) in [7, 11) is 0. The molecule has 0 bridgehead atoms. The molecule has 0 aliphatic carbocycles. The Kier molecular flexibility index (Phi) is 6.07. The van der Waals surface area contributed by atoms with Crippen LogP contribution in [0.2, 0.25) is 0 Å². The first kappa shape index (κ1) is 20.7. The maximum Gasteiger partial charge on any atom is 0.287 e. The smallest absolute Gasteiger partial charge is 0.287 e. The second-order valence-corrected chi connectivity index (χ2v) is 7.75. The second-order valence-electron chi connectivity index (χ2n) is 7.75. The van der Waals surface area contributed by atoms with Gasteiger partial charge in [-0.25, -0.2) is 4.98 Å². The number of imidazole rings is 1. The Bertz CT molecular complexity index is 1180. The van der Waals surface area contributed by atoms with Crippen molar-refractivity contribution in [3.05, 3.63) is 83.6 Å². The summed E-state index contributed by atoms with van der Waals surface area (Å²) in [6, 6.07) is 17.3. The van der Waals surface area contributed by atoms with Crippen LogP contribution in [0.4, 0.5) is 0 Å². The van der Waals surface area contributed by atoms with E-state index in [4.69, 9.17) is 14.1 Å². The Morgan fingerprint density at radius 2 is 2.00 bits per heavy atom. The molecule has 6 heteroatoms. The van der Waals surface area contributed by atoms with Gasteiger partial charge in [-0.1, -0.05) is 24.3 Å². The summed E-state index contributed by atoms with van der Waals surface area (Å²) >= 11 is 0. The number of aryl methyl sites for hydroxylation is 3. The van der Waals surface area contributed by atoms with E-state index in [1.165, 1.54) is 11.8 Å². The van der Waals surface area contributed by atoms with E-state index in [1.807, 2.05) is 25.1 Å². The van der Waals surface area contributed by atoms with Crippen molar-refractivity contribution < 1.29 is 13.9 Å². The quantitative estimate of drug-likeness (QED) is 0.400. The molecular formula is C25H27N3O3. The van der Waals surface area contributed by atoms with Gasteiger partial charge in [0, 0.05) is 6.54 Å². The second kappa shape index (κ2) is 9.08. The van der Waals surface area contributed by atoms with Gasteiger partial charge in [0.25, 0.3) is 5.91 Å². The molecule has 6 nitrogen and oxygen atoms in total. The maximum atomic E-state index is 12.4. The molecule has 0 aliphatic rings. The number of amides is 1. The van der Waals surface area contributed by atoms with Crippen LogP contribution >= 0.6 is 0 Å².